The largest absolute Gasteiger partial charge is 0.495 e. The maximum atomic E-state index is 6.45. The molecule has 1 spiro atoms. The van der Waals surface area contributed by atoms with E-state index in [-0.39, 0.29) is 23.7 Å². The van der Waals surface area contributed by atoms with Gasteiger partial charge in [-0.1, -0.05) is 92.1 Å². The first kappa shape index (κ1) is 23.3. The van der Waals surface area contributed by atoms with Crippen molar-refractivity contribution in [3.8, 4) is 22.3 Å². The molecule has 4 aromatic rings. The Balaban J connectivity index is 1.37. The van der Waals surface area contributed by atoms with E-state index in [1.54, 1.807) is 5.56 Å². The Morgan fingerprint density at radius 3 is 1.97 bits per heavy atom. The maximum absolute atomic E-state index is 6.45. The third kappa shape index (κ3) is 3.33. The summed E-state index contributed by atoms with van der Waals surface area (Å²) in [6, 6.07) is 29.6. The third-order valence-corrected chi connectivity index (χ3v) is 9.75. The Hall–Kier alpha value is -2.88. The van der Waals surface area contributed by atoms with E-state index in [2.05, 4.69) is 107 Å². The quantitative estimate of drug-likeness (QED) is 0.267. The van der Waals surface area contributed by atoms with E-state index in [9.17, 15) is 0 Å². The van der Waals surface area contributed by atoms with Crippen molar-refractivity contribution < 1.29 is 9.31 Å². The highest BCUT2D eigenvalue weighted by atomic mass is 16.7. The standard InChI is InChI=1S/C34H35BO2/c1-32(2)33(3,4)37-35(36-32)31-19-18-24(25-12-6-7-14-28(25)31)23-16-17-27-26-13-8-9-15-29(26)34(30(27)22-23)20-10-5-11-21-34/h6-9,12-19,22H,5,10-11,20-21H2,1-4H3. The van der Waals surface area contributed by atoms with Gasteiger partial charge < -0.3 is 9.31 Å². The molecule has 0 N–H and O–H groups in total. The highest BCUT2D eigenvalue weighted by molar-refractivity contribution is 6.65. The van der Waals surface area contributed by atoms with Gasteiger partial charge in [-0.15, -0.1) is 0 Å². The Labute approximate surface area is 221 Å². The monoisotopic (exact) mass is 486 g/mol. The molecule has 2 fully saturated rings. The Kier molecular flexibility index (Phi) is 5.07. The first-order chi connectivity index (χ1) is 17.8. The van der Waals surface area contributed by atoms with Crippen LogP contribution >= 0.6 is 0 Å². The summed E-state index contributed by atoms with van der Waals surface area (Å²) in [7, 11) is -0.371. The molecule has 1 saturated carbocycles. The van der Waals surface area contributed by atoms with Crippen LogP contribution in [0.5, 0.6) is 0 Å². The fourth-order valence-corrected chi connectivity index (χ4v) is 7.07. The summed E-state index contributed by atoms with van der Waals surface area (Å²) in [4.78, 5) is 0. The van der Waals surface area contributed by atoms with Crippen LogP contribution in [0.15, 0.2) is 78.9 Å². The number of rotatable bonds is 2. The van der Waals surface area contributed by atoms with E-state index in [4.69, 9.17) is 9.31 Å². The predicted molar refractivity (Wildman–Crippen MR) is 154 cm³/mol. The molecular weight excluding hydrogens is 451 g/mol. The minimum absolute atomic E-state index is 0.165. The molecule has 3 heteroatoms. The van der Waals surface area contributed by atoms with Gasteiger partial charge in [0.05, 0.1) is 11.2 Å². The molecule has 0 unspecified atom stereocenters. The summed E-state index contributed by atoms with van der Waals surface area (Å²) >= 11 is 0. The van der Waals surface area contributed by atoms with Crippen LogP contribution in [0.1, 0.15) is 70.9 Å². The second-order valence-corrected chi connectivity index (χ2v) is 12.3. The molecule has 4 aromatic carbocycles. The maximum Gasteiger partial charge on any atom is 0.495 e. The van der Waals surface area contributed by atoms with Crippen LogP contribution in [-0.4, -0.2) is 18.3 Å². The number of benzene rings is 4. The van der Waals surface area contributed by atoms with Crippen LogP contribution in [0.2, 0.25) is 0 Å². The van der Waals surface area contributed by atoms with Crippen molar-refractivity contribution in [3.63, 3.8) is 0 Å². The van der Waals surface area contributed by atoms with Gasteiger partial charge in [-0.05, 0) is 96.2 Å². The first-order valence-electron chi connectivity index (χ1n) is 13.9. The van der Waals surface area contributed by atoms with Crippen LogP contribution in [-0.2, 0) is 14.7 Å². The zero-order valence-corrected chi connectivity index (χ0v) is 22.4. The lowest BCUT2D eigenvalue weighted by Gasteiger charge is -2.36. The summed E-state index contributed by atoms with van der Waals surface area (Å²) in [6.45, 7) is 8.47. The fourth-order valence-electron chi connectivity index (χ4n) is 7.07. The molecule has 1 heterocycles. The van der Waals surface area contributed by atoms with Gasteiger partial charge in [0, 0.05) is 5.41 Å². The molecule has 2 nitrogen and oxygen atoms in total. The number of hydrogen-bond acceptors (Lipinski definition) is 2. The fraction of sp³-hybridized carbons (Fsp3) is 0.353. The SMILES string of the molecule is CC1(C)OB(c2ccc(-c3ccc4c(c3)C3(CCCCC3)c3ccccc3-4)c3ccccc23)OC1(C)C. The molecular formula is C34H35BO2. The van der Waals surface area contributed by atoms with Crippen LogP contribution in [0.25, 0.3) is 33.0 Å². The summed E-state index contributed by atoms with van der Waals surface area (Å²) < 4.78 is 12.9. The molecule has 2 aliphatic carbocycles. The van der Waals surface area contributed by atoms with Crippen molar-refractivity contribution in [2.45, 2.75) is 76.4 Å². The molecule has 1 saturated heterocycles. The van der Waals surface area contributed by atoms with E-state index in [0.29, 0.717) is 0 Å². The number of fused-ring (bicyclic) bond motifs is 6. The van der Waals surface area contributed by atoms with Gasteiger partial charge in [0.25, 0.3) is 0 Å². The van der Waals surface area contributed by atoms with Gasteiger partial charge in [-0.2, -0.15) is 0 Å². The molecule has 7 rings (SSSR count). The molecule has 186 valence electrons. The normalized spacial score (nSPS) is 20.8. The minimum Gasteiger partial charge on any atom is -0.399 e. The van der Waals surface area contributed by atoms with Crippen molar-refractivity contribution in [2.75, 3.05) is 0 Å². The smallest absolute Gasteiger partial charge is 0.399 e. The van der Waals surface area contributed by atoms with Crippen molar-refractivity contribution in [3.05, 3.63) is 90.0 Å². The topological polar surface area (TPSA) is 18.5 Å². The van der Waals surface area contributed by atoms with E-state index < -0.39 is 0 Å². The Morgan fingerprint density at radius 2 is 1.22 bits per heavy atom. The number of hydrogen-bond donors (Lipinski definition) is 0. The molecule has 3 aliphatic rings. The average Bonchev–Trinajstić information content (AvgIpc) is 3.29. The molecule has 37 heavy (non-hydrogen) atoms. The van der Waals surface area contributed by atoms with Gasteiger partial charge in [-0.3, -0.25) is 0 Å². The van der Waals surface area contributed by atoms with Crippen molar-refractivity contribution in [1.29, 1.82) is 0 Å². The van der Waals surface area contributed by atoms with E-state index >= 15 is 0 Å². The average molecular weight is 486 g/mol. The summed E-state index contributed by atoms with van der Waals surface area (Å²) in [5.41, 5.74) is 9.07. The van der Waals surface area contributed by atoms with Crippen LogP contribution in [0, 0.1) is 0 Å². The van der Waals surface area contributed by atoms with Crippen LogP contribution < -0.4 is 5.46 Å². The van der Waals surface area contributed by atoms with Crippen LogP contribution in [0.3, 0.4) is 0 Å². The second kappa shape index (κ2) is 8.06. The molecule has 0 amide bonds. The highest BCUT2D eigenvalue weighted by Gasteiger charge is 2.52. The molecule has 0 radical (unpaired) electrons. The van der Waals surface area contributed by atoms with Gasteiger partial charge in [-0.25, -0.2) is 0 Å². The van der Waals surface area contributed by atoms with Crippen molar-refractivity contribution >= 4 is 23.4 Å². The predicted octanol–water partition coefficient (Wildman–Crippen LogP) is 8.04. The molecule has 0 bridgehead atoms. The lowest BCUT2D eigenvalue weighted by atomic mass is 9.67. The van der Waals surface area contributed by atoms with E-state index in [0.717, 1.165) is 5.46 Å². The van der Waals surface area contributed by atoms with Crippen molar-refractivity contribution in [1.82, 2.24) is 0 Å². The van der Waals surface area contributed by atoms with Gasteiger partial charge in [0.15, 0.2) is 0 Å². The summed E-state index contributed by atoms with van der Waals surface area (Å²) in [5, 5.41) is 2.46. The zero-order chi connectivity index (χ0) is 25.4. The third-order valence-electron chi connectivity index (χ3n) is 9.75. The molecule has 1 aliphatic heterocycles. The highest BCUT2D eigenvalue weighted by Crippen LogP contribution is 2.56. The molecule has 0 atom stereocenters. The van der Waals surface area contributed by atoms with Gasteiger partial charge >= 0.3 is 7.12 Å². The lowest BCUT2D eigenvalue weighted by molar-refractivity contribution is 0.00578. The Morgan fingerprint density at radius 1 is 0.595 bits per heavy atom. The summed E-state index contributed by atoms with van der Waals surface area (Å²) in [5.74, 6) is 0. The zero-order valence-electron chi connectivity index (χ0n) is 22.4. The van der Waals surface area contributed by atoms with Gasteiger partial charge in [0.2, 0.25) is 0 Å². The molecule has 0 aromatic heterocycles. The summed E-state index contributed by atoms with van der Waals surface area (Å²) in [6.07, 6.45) is 6.47. The van der Waals surface area contributed by atoms with E-state index in [1.165, 1.54) is 70.7 Å². The lowest BCUT2D eigenvalue weighted by Crippen LogP contribution is -2.41. The first-order valence-corrected chi connectivity index (χ1v) is 13.9. The van der Waals surface area contributed by atoms with Crippen molar-refractivity contribution in [2.24, 2.45) is 0 Å². The Bertz CT molecular complexity index is 1510. The van der Waals surface area contributed by atoms with Gasteiger partial charge in [0.1, 0.15) is 0 Å². The van der Waals surface area contributed by atoms with E-state index in [1.807, 2.05) is 0 Å². The van der Waals surface area contributed by atoms with Crippen LogP contribution in [0.4, 0.5) is 0 Å². The minimum atomic E-state index is -0.371. The second-order valence-electron chi connectivity index (χ2n) is 12.3.